The van der Waals surface area contributed by atoms with Gasteiger partial charge >= 0.3 is 11.4 Å². The van der Waals surface area contributed by atoms with E-state index in [1.165, 1.54) is 37.4 Å². The number of aryl methyl sites for hydroxylation is 1. The van der Waals surface area contributed by atoms with Crippen LogP contribution in [0.25, 0.3) is 39.2 Å². The second-order valence-corrected chi connectivity index (χ2v) is 8.09. The molecule has 0 aliphatic rings. The zero-order valence-corrected chi connectivity index (χ0v) is 19.8. The number of methoxy groups -OCH3 is 2. The predicted octanol–water partition coefficient (Wildman–Crippen LogP) is 1.08. The first-order chi connectivity index (χ1) is 17.3. The van der Waals surface area contributed by atoms with E-state index in [1.54, 1.807) is 47.3 Å². The van der Waals surface area contributed by atoms with Crippen molar-refractivity contribution in [3.05, 3.63) is 84.4 Å². The highest BCUT2D eigenvalue weighted by Crippen LogP contribution is 2.40. The van der Waals surface area contributed by atoms with E-state index in [1.807, 2.05) is 0 Å². The fourth-order valence-electron chi connectivity index (χ4n) is 4.37. The first kappa shape index (κ1) is 22.8. The van der Waals surface area contributed by atoms with Crippen molar-refractivity contribution in [2.75, 3.05) is 14.2 Å². The highest BCUT2D eigenvalue weighted by molar-refractivity contribution is 6.03. The summed E-state index contributed by atoms with van der Waals surface area (Å²) in [6.07, 6.45) is 3.37. The summed E-state index contributed by atoms with van der Waals surface area (Å²) in [4.78, 5) is 59.3. The summed E-state index contributed by atoms with van der Waals surface area (Å²) in [5, 5.41) is 0.0828. The highest BCUT2D eigenvalue weighted by Gasteiger charge is 2.27. The van der Waals surface area contributed by atoms with Crippen molar-refractivity contribution in [2.45, 2.75) is 0 Å². The van der Waals surface area contributed by atoms with Crippen LogP contribution < -0.4 is 32.0 Å². The van der Waals surface area contributed by atoms with Crippen LogP contribution in [0.4, 0.5) is 0 Å². The van der Waals surface area contributed by atoms with E-state index in [0.29, 0.717) is 22.8 Å². The third-order valence-corrected chi connectivity index (χ3v) is 6.13. The Morgan fingerprint density at radius 3 is 2.06 bits per heavy atom. The molecule has 0 amide bonds. The Balaban J connectivity index is 2.02. The zero-order valence-electron chi connectivity index (χ0n) is 19.8. The van der Waals surface area contributed by atoms with Gasteiger partial charge < -0.3 is 19.0 Å². The second-order valence-electron chi connectivity index (χ2n) is 8.09. The molecule has 0 saturated carbocycles. The lowest BCUT2D eigenvalue weighted by Crippen LogP contribution is -2.33. The molecule has 0 bridgehead atoms. The summed E-state index contributed by atoms with van der Waals surface area (Å²) in [5.41, 5.74) is -1.22. The van der Waals surface area contributed by atoms with Crippen molar-refractivity contribution in [1.29, 1.82) is 0 Å². The minimum Gasteiger partial charge on any atom is -0.493 e. The van der Waals surface area contributed by atoms with E-state index < -0.39 is 22.5 Å². The van der Waals surface area contributed by atoms with Crippen LogP contribution >= 0.6 is 0 Å². The van der Waals surface area contributed by atoms with Gasteiger partial charge in [-0.2, -0.15) is 0 Å². The molecule has 0 unspecified atom stereocenters. The SMILES string of the molecule is COc1ccc(-c2[nH]c3c(c2-c2c(-n4cccc4)n(C)c(=O)[nH]c2=O)c(=O)[nH]c(=O)n3C)cc1OC. The van der Waals surface area contributed by atoms with Crippen molar-refractivity contribution in [1.82, 2.24) is 28.7 Å². The molecule has 0 fully saturated rings. The number of aromatic nitrogens is 6. The topological polar surface area (TPSA) is 149 Å². The Labute approximate surface area is 202 Å². The van der Waals surface area contributed by atoms with Crippen molar-refractivity contribution in [2.24, 2.45) is 14.1 Å². The fraction of sp³-hybridized carbons (Fsp3) is 0.167. The Kier molecular flexibility index (Phi) is 5.28. The van der Waals surface area contributed by atoms with Gasteiger partial charge in [-0.15, -0.1) is 0 Å². The van der Waals surface area contributed by atoms with E-state index in [9.17, 15) is 19.2 Å². The molecule has 0 spiro atoms. The van der Waals surface area contributed by atoms with Crippen LogP contribution in [0.3, 0.4) is 0 Å². The van der Waals surface area contributed by atoms with Crippen LogP contribution in [0, 0.1) is 0 Å². The van der Waals surface area contributed by atoms with Gasteiger partial charge in [0.1, 0.15) is 11.5 Å². The molecule has 0 saturated heterocycles. The molecule has 36 heavy (non-hydrogen) atoms. The first-order valence-electron chi connectivity index (χ1n) is 10.8. The molecule has 0 aliphatic carbocycles. The maximum absolute atomic E-state index is 13.4. The lowest BCUT2D eigenvalue weighted by Gasteiger charge is -2.15. The van der Waals surface area contributed by atoms with Gasteiger partial charge in [0, 0.05) is 37.6 Å². The molecule has 5 rings (SSSR count). The van der Waals surface area contributed by atoms with Crippen LogP contribution in [0.1, 0.15) is 0 Å². The number of benzene rings is 1. The molecule has 12 nitrogen and oxygen atoms in total. The standard InChI is InChI=1S/C24H22N6O6/c1-28-19-16(20(31)26-23(28)33)15(18(25-19)12-7-8-13(35-3)14(11-12)36-4)17-21(32)27-24(34)29(2)22(17)30-9-5-6-10-30/h5-11,25H,1-4H3,(H,26,31,33)(H,27,32,34). The summed E-state index contributed by atoms with van der Waals surface area (Å²) in [6.45, 7) is 0. The smallest absolute Gasteiger partial charge is 0.329 e. The predicted molar refractivity (Wildman–Crippen MR) is 133 cm³/mol. The molecule has 1 aromatic carbocycles. The van der Waals surface area contributed by atoms with E-state index >= 15 is 0 Å². The van der Waals surface area contributed by atoms with Gasteiger partial charge in [-0.05, 0) is 30.3 Å². The van der Waals surface area contributed by atoms with Gasteiger partial charge in [0.05, 0.1) is 30.9 Å². The molecule has 184 valence electrons. The molecule has 5 aromatic rings. The maximum atomic E-state index is 13.4. The van der Waals surface area contributed by atoms with Crippen LogP contribution in [0.15, 0.2) is 61.9 Å². The Bertz CT molecular complexity index is 1870. The largest absolute Gasteiger partial charge is 0.493 e. The van der Waals surface area contributed by atoms with Gasteiger partial charge in [0.25, 0.3) is 11.1 Å². The summed E-state index contributed by atoms with van der Waals surface area (Å²) in [5.74, 6) is 1.14. The number of rotatable bonds is 5. The number of nitrogens with zero attached hydrogens (tertiary/aromatic N) is 3. The molecule has 0 atom stereocenters. The molecule has 0 radical (unpaired) electrons. The van der Waals surface area contributed by atoms with Crippen molar-refractivity contribution in [3.8, 4) is 39.7 Å². The lowest BCUT2D eigenvalue weighted by molar-refractivity contribution is 0.355. The summed E-state index contributed by atoms with van der Waals surface area (Å²) >= 11 is 0. The number of nitrogens with one attached hydrogen (secondary N) is 3. The Morgan fingerprint density at radius 1 is 0.750 bits per heavy atom. The Morgan fingerprint density at radius 2 is 1.39 bits per heavy atom. The quantitative estimate of drug-likeness (QED) is 0.336. The highest BCUT2D eigenvalue weighted by atomic mass is 16.5. The van der Waals surface area contributed by atoms with Crippen LogP contribution in [-0.4, -0.2) is 42.9 Å². The number of aromatic amines is 3. The van der Waals surface area contributed by atoms with E-state index in [0.717, 1.165) is 0 Å². The maximum Gasteiger partial charge on any atom is 0.329 e. The van der Waals surface area contributed by atoms with Gasteiger partial charge in [-0.1, -0.05) is 0 Å². The molecular formula is C24H22N6O6. The van der Waals surface area contributed by atoms with Gasteiger partial charge in [0.2, 0.25) is 0 Å². The average molecular weight is 490 g/mol. The molecule has 3 N–H and O–H groups in total. The van der Waals surface area contributed by atoms with Crippen LogP contribution in [0.2, 0.25) is 0 Å². The Hall–Kier alpha value is -5.00. The summed E-state index contributed by atoms with van der Waals surface area (Å²) in [7, 11) is 6.01. The first-order valence-corrected chi connectivity index (χ1v) is 10.8. The minimum absolute atomic E-state index is 0.0634. The third-order valence-electron chi connectivity index (χ3n) is 6.13. The van der Waals surface area contributed by atoms with Crippen molar-refractivity contribution >= 4 is 11.0 Å². The lowest BCUT2D eigenvalue weighted by atomic mass is 9.99. The van der Waals surface area contributed by atoms with Gasteiger partial charge in [-0.3, -0.25) is 28.7 Å². The van der Waals surface area contributed by atoms with E-state index in [4.69, 9.17) is 9.47 Å². The van der Waals surface area contributed by atoms with E-state index in [2.05, 4.69) is 15.0 Å². The van der Waals surface area contributed by atoms with E-state index in [-0.39, 0.29) is 28.0 Å². The fourth-order valence-corrected chi connectivity index (χ4v) is 4.37. The molecule has 4 aromatic heterocycles. The number of hydrogen-bond donors (Lipinski definition) is 3. The number of H-pyrrole nitrogens is 3. The number of fused-ring (bicyclic) bond motifs is 1. The molecule has 12 heteroatoms. The van der Waals surface area contributed by atoms with Crippen LogP contribution in [-0.2, 0) is 14.1 Å². The normalized spacial score (nSPS) is 11.2. The second kappa shape index (κ2) is 8.34. The molecule has 0 aliphatic heterocycles. The minimum atomic E-state index is -0.697. The molecule has 4 heterocycles. The van der Waals surface area contributed by atoms with Gasteiger partial charge in [-0.25, -0.2) is 9.59 Å². The summed E-state index contributed by atoms with van der Waals surface area (Å²) < 4.78 is 14.9. The van der Waals surface area contributed by atoms with Crippen LogP contribution in [0.5, 0.6) is 11.5 Å². The monoisotopic (exact) mass is 490 g/mol. The number of hydrogen-bond acceptors (Lipinski definition) is 6. The average Bonchev–Trinajstić information content (AvgIpc) is 3.53. The van der Waals surface area contributed by atoms with Crippen molar-refractivity contribution in [3.63, 3.8) is 0 Å². The zero-order chi connectivity index (χ0) is 25.7. The van der Waals surface area contributed by atoms with Gasteiger partial charge in [0.15, 0.2) is 11.5 Å². The van der Waals surface area contributed by atoms with Crippen molar-refractivity contribution < 1.29 is 9.47 Å². The number of ether oxygens (including phenoxy) is 2. The third kappa shape index (κ3) is 3.30. The molecular weight excluding hydrogens is 468 g/mol. The summed E-state index contributed by atoms with van der Waals surface area (Å²) in [6, 6.07) is 8.59.